The molecule has 0 atom stereocenters. The summed E-state index contributed by atoms with van der Waals surface area (Å²) in [7, 11) is -3.63. The third-order valence-electron chi connectivity index (χ3n) is 2.85. The number of thiophene rings is 1. The molecular formula is C14H12N2O2S2. The van der Waals surface area contributed by atoms with Gasteiger partial charge in [-0.25, -0.2) is 0 Å². The first-order valence-corrected chi connectivity index (χ1v) is 8.32. The maximum absolute atomic E-state index is 12.6. The molecule has 0 aliphatic carbocycles. The third-order valence-corrected chi connectivity index (χ3v) is 5.81. The average molecular weight is 304 g/mol. The van der Waals surface area contributed by atoms with Gasteiger partial charge >= 0.3 is 0 Å². The van der Waals surface area contributed by atoms with Gasteiger partial charge in [-0.1, -0.05) is 36.4 Å². The predicted octanol–water partition coefficient (Wildman–Crippen LogP) is 3.16. The molecule has 0 unspecified atom stereocenters. The van der Waals surface area contributed by atoms with Gasteiger partial charge in [-0.3, -0.25) is 0 Å². The van der Waals surface area contributed by atoms with Crippen molar-refractivity contribution in [3.05, 3.63) is 59.6 Å². The highest BCUT2D eigenvalue weighted by Gasteiger charge is 2.23. The molecule has 4 nitrogen and oxygen atoms in total. The van der Waals surface area contributed by atoms with Crippen LogP contribution in [-0.4, -0.2) is 17.6 Å². The Balaban J connectivity index is 2.22. The summed E-state index contributed by atoms with van der Waals surface area (Å²) in [5.74, 6) is 0. The highest BCUT2D eigenvalue weighted by molar-refractivity contribution is 7.92. The van der Waals surface area contributed by atoms with Crippen LogP contribution < -0.4 is 0 Å². The van der Waals surface area contributed by atoms with Crippen molar-refractivity contribution in [2.45, 2.75) is 11.1 Å². The van der Waals surface area contributed by atoms with Crippen molar-refractivity contribution in [1.29, 1.82) is 0 Å². The molecule has 3 aromatic rings. The lowest BCUT2D eigenvalue weighted by Crippen LogP contribution is -2.14. The van der Waals surface area contributed by atoms with Gasteiger partial charge in [0, 0.05) is 5.56 Å². The molecule has 0 amide bonds. The van der Waals surface area contributed by atoms with E-state index in [1.54, 1.807) is 30.5 Å². The SMILES string of the molecule is Cc1cc(-c2ccccc2)n(S(=O)(=O)c2cccs2)n1. The first kappa shape index (κ1) is 13.1. The van der Waals surface area contributed by atoms with Crippen LogP contribution in [0.25, 0.3) is 11.3 Å². The van der Waals surface area contributed by atoms with E-state index in [-0.39, 0.29) is 4.21 Å². The van der Waals surface area contributed by atoms with Gasteiger partial charge in [0.15, 0.2) is 0 Å². The monoisotopic (exact) mass is 304 g/mol. The van der Waals surface area contributed by atoms with Crippen LogP contribution in [0.1, 0.15) is 5.69 Å². The van der Waals surface area contributed by atoms with E-state index in [0.717, 1.165) is 9.65 Å². The van der Waals surface area contributed by atoms with Gasteiger partial charge in [0.1, 0.15) is 4.21 Å². The van der Waals surface area contributed by atoms with Crippen molar-refractivity contribution < 1.29 is 8.42 Å². The second-order valence-corrected chi connectivity index (χ2v) is 7.26. The molecule has 0 saturated heterocycles. The predicted molar refractivity (Wildman–Crippen MR) is 79.3 cm³/mol. The van der Waals surface area contributed by atoms with E-state index in [2.05, 4.69) is 5.10 Å². The van der Waals surface area contributed by atoms with Crippen LogP contribution in [-0.2, 0) is 10.0 Å². The van der Waals surface area contributed by atoms with Gasteiger partial charge in [0.2, 0.25) is 0 Å². The highest BCUT2D eigenvalue weighted by atomic mass is 32.2. The number of rotatable bonds is 3. The van der Waals surface area contributed by atoms with Crippen LogP contribution in [0.4, 0.5) is 0 Å². The molecule has 6 heteroatoms. The van der Waals surface area contributed by atoms with Crippen molar-refractivity contribution in [2.75, 3.05) is 0 Å². The van der Waals surface area contributed by atoms with E-state index in [0.29, 0.717) is 11.4 Å². The summed E-state index contributed by atoms with van der Waals surface area (Å²) >= 11 is 1.19. The molecule has 102 valence electrons. The number of aryl methyl sites for hydroxylation is 1. The van der Waals surface area contributed by atoms with Gasteiger partial charge in [0.05, 0.1) is 11.4 Å². The Morgan fingerprint density at radius 1 is 1.10 bits per heavy atom. The summed E-state index contributed by atoms with van der Waals surface area (Å²) in [5, 5.41) is 5.89. The van der Waals surface area contributed by atoms with E-state index in [4.69, 9.17) is 0 Å². The summed E-state index contributed by atoms with van der Waals surface area (Å²) < 4.78 is 26.6. The third kappa shape index (κ3) is 2.17. The minimum Gasteiger partial charge on any atom is -0.198 e. The summed E-state index contributed by atoms with van der Waals surface area (Å²) in [4.78, 5) is 0. The van der Waals surface area contributed by atoms with E-state index < -0.39 is 10.0 Å². The van der Waals surface area contributed by atoms with E-state index in [1.165, 1.54) is 11.3 Å². The molecule has 1 aromatic carbocycles. The van der Waals surface area contributed by atoms with Crippen molar-refractivity contribution in [2.24, 2.45) is 0 Å². The summed E-state index contributed by atoms with van der Waals surface area (Å²) in [6.45, 7) is 1.78. The first-order chi connectivity index (χ1) is 9.59. The Bertz CT molecular complexity index is 819. The van der Waals surface area contributed by atoms with E-state index in [9.17, 15) is 8.42 Å². The molecule has 2 heterocycles. The van der Waals surface area contributed by atoms with Crippen LogP contribution in [0.3, 0.4) is 0 Å². The van der Waals surface area contributed by atoms with Crippen LogP contribution in [0.2, 0.25) is 0 Å². The quantitative estimate of drug-likeness (QED) is 0.747. The Kier molecular flexibility index (Phi) is 3.19. The van der Waals surface area contributed by atoms with Crippen LogP contribution in [0, 0.1) is 6.92 Å². The molecule has 3 rings (SSSR count). The van der Waals surface area contributed by atoms with Crippen LogP contribution >= 0.6 is 11.3 Å². The number of nitrogens with zero attached hydrogens (tertiary/aromatic N) is 2. The molecule has 0 bridgehead atoms. The lowest BCUT2D eigenvalue weighted by Gasteiger charge is -2.07. The van der Waals surface area contributed by atoms with Gasteiger partial charge in [-0.05, 0) is 24.4 Å². The van der Waals surface area contributed by atoms with Crippen molar-refractivity contribution >= 4 is 21.4 Å². The summed E-state index contributed by atoms with van der Waals surface area (Å²) in [6, 6.07) is 14.5. The molecule has 0 aliphatic rings. The van der Waals surface area contributed by atoms with Gasteiger partial charge in [-0.15, -0.1) is 11.3 Å². The fourth-order valence-corrected chi connectivity index (χ4v) is 4.35. The Labute approximate surface area is 121 Å². The number of aromatic nitrogens is 2. The lowest BCUT2D eigenvalue weighted by atomic mass is 10.1. The molecule has 0 saturated carbocycles. The fraction of sp³-hybridized carbons (Fsp3) is 0.0714. The maximum Gasteiger partial charge on any atom is 0.293 e. The molecule has 0 aliphatic heterocycles. The Morgan fingerprint density at radius 2 is 1.85 bits per heavy atom. The zero-order valence-corrected chi connectivity index (χ0v) is 12.4. The van der Waals surface area contributed by atoms with Crippen LogP contribution in [0.5, 0.6) is 0 Å². The second-order valence-electron chi connectivity index (χ2n) is 4.32. The topological polar surface area (TPSA) is 52.0 Å². The molecule has 0 spiro atoms. The number of benzene rings is 1. The van der Waals surface area contributed by atoms with E-state index in [1.807, 2.05) is 30.3 Å². The summed E-state index contributed by atoms with van der Waals surface area (Å²) in [5.41, 5.74) is 2.08. The zero-order valence-electron chi connectivity index (χ0n) is 10.7. The summed E-state index contributed by atoms with van der Waals surface area (Å²) in [6.07, 6.45) is 0. The molecular weight excluding hydrogens is 292 g/mol. The van der Waals surface area contributed by atoms with Crippen molar-refractivity contribution in [3.8, 4) is 11.3 Å². The van der Waals surface area contributed by atoms with Gasteiger partial charge in [-0.2, -0.15) is 17.6 Å². The number of hydrogen-bond donors (Lipinski definition) is 0. The molecule has 0 radical (unpaired) electrons. The van der Waals surface area contributed by atoms with Crippen LogP contribution in [0.15, 0.2) is 58.1 Å². The smallest absolute Gasteiger partial charge is 0.198 e. The van der Waals surface area contributed by atoms with Gasteiger partial charge in [0.25, 0.3) is 10.0 Å². The van der Waals surface area contributed by atoms with E-state index >= 15 is 0 Å². The first-order valence-electron chi connectivity index (χ1n) is 6.00. The second kappa shape index (κ2) is 4.88. The molecule has 0 N–H and O–H groups in total. The standard InChI is InChI=1S/C14H12N2O2S2/c1-11-10-13(12-6-3-2-4-7-12)16(15-11)20(17,18)14-8-5-9-19-14/h2-10H,1H3. The Morgan fingerprint density at radius 3 is 2.50 bits per heavy atom. The normalized spacial score (nSPS) is 11.7. The zero-order chi connectivity index (χ0) is 14.2. The molecule has 2 aromatic heterocycles. The molecule has 0 fully saturated rings. The lowest BCUT2D eigenvalue weighted by molar-refractivity contribution is 0.582. The minimum absolute atomic E-state index is 0.290. The fourth-order valence-electron chi connectivity index (χ4n) is 1.96. The minimum atomic E-state index is -3.63. The highest BCUT2D eigenvalue weighted by Crippen LogP contribution is 2.26. The Hall–Kier alpha value is -1.92. The van der Waals surface area contributed by atoms with Crippen molar-refractivity contribution in [1.82, 2.24) is 9.19 Å². The van der Waals surface area contributed by atoms with Gasteiger partial charge < -0.3 is 0 Å². The largest absolute Gasteiger partial charge is 0.293 e. The molecule has 20 heavy (non-hydrogen) atoms. The number of hydrogen-bond acceptors (Lipinski definition) is 4. The maximum atomic E-state index is 12.6. The average Bonchev–Trinajstić information content (AvgIpc) is 3.09. The van der Waals surface area contributed by atoms with Crippen molar-refractivity contribution in [3.63, 3.8) is 0 Å².